The molecule has 0 amide bonds. The lowest BCUT2D eigenvalue weighted by Crippen LogP contribution is -2.20. The number of carbonyl (C=O) groups excluding carboxylic acids is 1. The Hall–Kier alpha value is -3.33. The van der Waals surface area contributed by atoms with Crippen LogP contribution in [0.2, 0.25) is 5.02 Å². The Morgan fingerprint density at radius 1 is 1.24 bits per heavy atom. The van der Waals surface area contributed by atoms with Gasteiger partial charge in [0.25, 0.3) is 5.89 Å². The Kier molecular flexibility index (Phi) is 5.16. The summed E-state index contributed by atoms with van der Waals surface area (Å²) < 4.78 is 39.8. The van der Waals surface area contributed by atoms with Crippen molar-refractivity contribution in [1.82, 2.24) is 19.5 Å². The van der Waals surface area contributed by atoms with E-state index in [0.717, 1.165) is 11.1 Å². The molecule has 1 aliphatic carbocycles. The molecule has 1 fully saturated rings. The van der Waals surface area contributed by atoms with Crippen molar-refractivity contribution >= 4 is 23.0 Å². The zero-order valence-electron chi connectivity index (χ0n) is 17.8. The van der Waals surface area contributed by atoms with Crippen molar-refractivity contribution in [3.8, 4) is 28.7 Å². The monoisotopic (exact) mass is 472 g/mol. The van der Waals surface area contributed by atoms with Crippen LogP contribution in [0, 0.1) is 19.8 Å². The Morgan fingerprint density at radius 3 is 2.79 bits per heavy atom. The van der Waals surface area contributed by atoms with E-state index >= 15 is 0 Å². The molecule has 0 N–H and O–H groups in total. The van der Waals surface area contributed by atoms with Crippen LogP contribution in [0.1, 0.15) is 24.0 Å². The first-order valence-corrected chi connectivity index (χ1v) is 10.7. The van der Waals surface area contributed by atoms with Crippen molar-refractivity contribution in [1.29, 1.82) is 0 Å². The molecule has 1 saturated carbocycles. The van der Waals surface area contributed by atoms with Gasteiger partial charge in [0.15, 0.2) is 5.65 Å². The van der Waals surface area contributed by atoms with Gasteiger partial charge in [-0.15, -0.1) is 0 Å². The Labute approximate surface area is 192 Å². The number of halogens is 3. The van der Waals surface area contributed by atoms with Crippen LogP contribution in [0.4, 0.5) is 8.78 Å². The third kappa shape index (κ3) is 4.08. The highest BCUT2D eigenvalue weighted by Gasteiger charge is 2.48. The minimum absolute atomic E-state index is 0.0577. The third-order valence-corrected chi connectivity index (χ3v) is 5.90. The number of imidazole rings is 1. The fourth-order valence-corrected chi connectivity index (χ4v) is 4.28. The van der Waals surface area contributed by atoms with Crippen LogP contribution in [0.15, 0.2) is 41.2 Å². The SMILES string of the molecule is Cc1cc(Cl)c2nc(-c3noc(-c4ccc(OC[C@H]5CC(=O)C(F)(F)C5)c(C)c4)n3)cn2c1. The maximum atomic E-state index is 13.4. The van der Waals surface area contributed by atoms with E-state index in [1.54, 1.807) is 18.3 Å². The first-order valence-electron chi connectivity index (χ1n) is 10.3. The molecule has 10 heteroatoms. The summed E-state index contributed by atoms with van der Waals surface area (Å²) in [6, 6.07) is 7.11. The number of fused-ring (bicyclic) bond motifs is 1. The van der Waals surface area contributed by atoms with E-state index in [9.17, 15) is 13.6 Å². The second kappa shape index (κ2) is 7.91. The lowest BCUT2D eigenvalue weighted by Gasteiger charge is -2.13. The number of hydrogen-bond acceptors (Lipinski definition) is 6. The molecule has 0 radical (unpaired) electrons. The van der Waals surface area contributed by atoms with Crippen molar-refractivity contribution < 1.29 is 22.8 Å². The molecule has 170 valence electrons. The zero-order valence-corrected chi connectivity index (χ0v) is 18.6. The molecular formula is C23H19ClF2N4O3. The number of aryl methyl sites for hydroxylation is 2. The number of alkyl halides is 2. The summed E-state index contributed by atoms with van der Waals surface area (Å²) in [5.74, 6) is -3.57. The van der Waals surface area contributed by atoms with Crippen molar-refractivity contribution in [3.63, 3.8) is 0 Å². The summed E-state index contributed by atoms with van der Waals surface area (Å²) in [7, 11) is 0. The maximum absolute atomic E-state index is 13.4. The predicted molar refractivity (Wildman–Crippen MR) is 117 cm³/mol. The Balaban J connectivity index is 1.32. The molecule has 1 atom stereocenters. The molecule has 4 aromatic rings. The number of rotatable bonds is 5. The maximum Gasteiger partial charge on any atom is 0.305 e. The standard InChI is InChI=1S/C23H19ClF2N4O3/c1-12-5-16(24)21-27-17(10-30(21)9-12)20-28-22(33-29-20)15-3-4-18(13(2)6-15)32-11-14-7-19(31)23(25,26)8-14/h3-6,9-10,14H,7-8,11H2,1-2H3/t14-/m0/s1. The van der Waals surface area contributed by atoms with E-state index in [4.69, 9.17) is 20.9 Å². The third-order valence-electron chi connectivity index (χ3n) is 5.62. The summed E-state index contributed by atoms with van der Waals surface area (Å²) in [6.45, 7) is 3.83. The molecule has 0 bridgehead atoms. The molecular weight excluding hydrogens is 454 g/mol. The summed E-state index contributed by atoms with van der Waals surface area (Å²) in [5.41, 5.74) is 3.58. The second-order valence-electron chi connectivity index (χ2n) is 8.34. The number of ether oxygens (including phenoxy) is 1. The van der Waals surface area contributed by atoms with Gasteiger partial charge in [-0.25, -0.2) is 4.98 Å². The minimum Gasteiger partial charge on any atom is -0.493 e. The Bertz CT molecular complexity index is 1380. The smallest absolute Gasteiger partial charge is 0.305 e. The van der Waals surface area contributed by atoms with Gasteiger partial charge in [0, 0.05) is 36.7 Å². The largest absolute Gasteiger partial charge is 0.493 e. The van der Waals surface area contributed by atoms with Gasteiger partial charge in [-0.3, -0.25) is 4.79 Å². The minimum atomic E-state index is -3.24. The average molecular weight is 473 g/mol. The second-order valence-corrected chi connectivity index (χ2v) is 8.75. The number of aromatic nitrogens is 4. The molecule has 1 aliphatic rings. The number of nitrogens with zero attached hydrogens (tertiary/aromatic N) is 4. The summed E-state index contributed by atoms with van der Waals surface area (Å²) >= 11 is 6.27. The van der Waals surface area contributed by atoms with E-state index in [1.807, 2.05) is 36.6 Å². The molecule has 5 rings (SSSR count). The number of hydrogen-bond donors (Lipinski definition) is 0. The quantitative estimate of drug-likeness (QED) is 0.391. The number of Topliss-reactive ketones (excluding diaryl/α,β-unsaturated/α-hetero) is 1. The lowest BCUT2D eigenvalue weighted by atomic mass is 10.1. The molecule has 3 heterocycles. The highest BCUT2D eigenvalue weighted by Crippen LogP contribution is 2.36. The first kappa shape index (κ1) is 21.5. The van der Waals surface area contributed by atoms with Gasteiger partial charge in [-0.2, -0.15) is 13.8 Å². The van der Waals surface area contributed by atoms with Gasteiger partial charge in [0.1, 0.15) is 11.4 Å². The fourth-order valence-electron chi connectivity index (χ4n) is 3.97. The van der Waals surface area contributed by atoms with Gasteiger partial charge in [-0.05, 0) is 49.2 Å². The van der Waals surface area contributed by atoms with Crippen molar-refractivity contribution in [3.05, 3.63) is 52.8 Å². The number of pyridine rings is 1. The van der Waals surface area contributed by atoms with E-state index in [2.05, 4.69) is 15.1 Å². The van der Waals surface area contributed by atoms with Gasteiger partial charge in [0.05, 0.1) is 11.6 Å². The van der Waals surface area contributed by atoms with Crippen LogP contribution in [-0.4, -0.2) is 37.8 Å². The van der Waals surface area contributed by atoms with Crippen LogP contribution in [0.25, 0.3) is 28.6 Å². The van der Waals surface area contributed by atoms with Gasteiger partial charge in [0.2, 0.25) is 11.6 Å². The summed E-state index contributed by atoms with van der Waals surface area (Å²) in [5, 5.41) is 4.56. The van der Waals surface area contributed by atoms with Gasteiger partial charge in [-0.1, -0.05) is 16.8 Å². The molecule has 7 nitrogen and oxygen atoms in total. The van der Waals surface area contributed by atoms with Crippen molar-refractivity contribution in [2.75, 3.05) is 6.61 Å². The van der Waals surface area contributed by atoms with Crippen LogP contribution >= 0.6 is 11.6 Å². The van der Waals surface area contributed by atoms with Crippen LogP contribution < -0.4 is 4.74 Å². The zero-order chi connectivity index (χ0) is 23.3. The molecule has 33 heavy (non-hydrogen) atoms. The molecule has 1 aromatic carbocycles. The summed E-state index contributed by atoms with van der Waals surface area (Å²) in [4.78, 5) is 20.3. The van der Waals surface area contributed by atoms with Crippen molar-refractivity contribution in [2.45, 2.75) is 32.6 Å². The fraction of sp³-hybridized carbons (Fsp3) is 0.304. The lowest BCUT2D eigenvalue weighted by molar-refractivity contribution is -0.138. The van der Waals surface area contributed by atoms with Crippen LogP contribution in [0.3, 0.4) is 0 Å². The average Bonchev–Trinajstić information content (AvgIpc) is 3.44. The van der Waals surface area contributed by atoms with Gasteiger partial charge < -0.3 is 13.7 Å². The molecule has 0 unspecified atom stereocenters. The summed E-state index contributed by atoms with van der Waals surface area (Å²) in [6.07, 6.45) is 3.05. The number of ketones is 1. The highest BCUT2D eigenvalue weighted by molar-refractivity contribution is 6.33. The highest BCUT2D eigenvalue weighted by atomic mass is 35.5. The Morgan fingerprint density at radius 2 is 2.06 bits per heavy atom. The molecule has 3 aromatic heterocycles. The van der Waals surface area contributed by atoms with Crippen LogP contribution in [-0.2, 0) is 4.79 Å². The van der Waals surface area contributed by atoms with Crippen molar-refractivity contribution in [2.24, 2.45) is 5.92 Å². The normalized spacial score (nSPS) is 17.7. The topological polar surface area (TPSA) is 82.5 Å². The van der Waals surface area contributed by atoms with E-state index in [-0.39, 0.29) is 13.0 Å². The van der Waals surface area contributed by atoms with E-state index in [1.165, 1.54) is 0 Å². The molecule has 0 saturated heterocycles. The van der Waals surface area contributed by atoms with E-state index in [0.29, 0.717) is 39.4 Å². The number of carbonyl (C=O) groups is 1. The molecule has 0 aliphatic heterocycles. The van der Waals surface area contributed by atoms with Gasteiger partial charge >= 0.3 is 5.92 Å². The van der Waals surface area contributed by atoms with Crippen LogP contribution in [0.5, 0.6) is 5.75 Å². The molecule has 0 spiro atoms. The van der Waals surface area contributed by atoms with E-state index < -0.39 is 24.0 Å². The number of benzene rings is 1. The first-order chi connectivity index (χ1) is 15.7. The predicted octanol–water partition coefficient (Wildman–Crippen LogP) is 5.31.